The van der Waals surface area contributed by atoms with Gasteiger partial charge < -0.3 is 20.0 Å². The normalized spacial score (nSPS) is 18.3. The third-order valence-corrected chi connectivity index (χ3v) is 6.43. The molecule has 0 spiro atoms. The second-order valence-corrected chi connectivity index (χ2v) is 8.81. The first kappa shape index (κ1) is 21.9. The Morgan fingerprint density at radius 1 is 0.882 bits per heavy atom. The maximum Gasteiger partial charge on any atom is 0.229 e. The summed E-state index contributed by atoms with van der Waals surface area (Å²) in [5, 5.41) is 2.87. The Hall–Kier alpha value is -3.94. The van der Waals surface area contributed by atoms with Gasteiger partial charge in [-0.1, -0.05) is 35.9 Å². The summed E-state index contributed by atoms with van der Waals surface area (Å²) in [6.07, 6.45) is 3.47. The molecule has 3 heterocycles. The van der Waals surface area contributed by atoms with Crippen molar-refractivity contribution in [2.75, 3.05) is 52.7 Å². The first-order chi connectivity index (χ1) is 16.6. The number of amides is 2. The number of hydrogen-bond donors (Lipinski definition) is 1. The van der Waals surface area contributed by atoms with E-state index in [0.29, 0.717) is 18.2 Å². The zero-order valence-corrected chi connectivity index (χ0v) is 19.2. The van der Waals surface area contributed by atoms with Gasteiger partial charge in [0.15, 0.2) is 0 Å². The lowest BCUT2D eigenvalue weighted by atomic mass is 10.1. The third kappa shape index (κ3) is 4.71. The number of hydrogen-bond acceptors (Lipinski definition) is 6. The number of carbonyl (C=O) groups is 2. The van der Waals surface area contributed by atoms with Crippen molar-refractivity contribution in [3.05, 3.63) is 72.6 Å². The van der Waals surface area contributed by atoms with E-state index in [9.17, 15) is 9.59 Å². The number of para-hydroxylation sites is 1. The standard InChI is InChI=1S/C26H28N6O2/c1-19-7-9-23(10-8-19)32-18-20(15-24(32)33)25(34)29-21-16-27-26(28-17-21)31-13-11-30(12-14-31)22-5-3-2-4-6-22/h2-10,16-17,20H,11-15,18H2,1H3,(H,29,34). The van der Waals surface area contributed by atoms with Gasteiger partial charge in [-0.25, -0.2) is 9.97 Å². The Kier molecular flexibility index (Phi) is 6.12. The predicted octanol–water partition coefficient (Wildman–Crippen LogP) is 3.10. The third-order valence-electron chi connectivity index (χ3n) is 6.43. The number of aromatic nitrogens is 2. The quantitative estimate of drug-likeness (QED) is 0.635. The highest BCUT2D eigenvalue weighted by Gasteiger charge is 2.35. The molecule has 2 aliphatic heterocycles. The molecule has 0 radical (unpaired) electrons. The second kappa shape index (κ2) is 9.51. The van der Waals surface area contributed by atoms with E-state index in [1.165, 1.54) is 5.69 Å². The van der Waals surface area contributed by atoms with Crippen LogP contribution in [0.25, 0.3) is 0 Å². The van der Waals surface area contributed by atoms with Crippen molar-refractivity contribution >= 4 is 34.8 Å². The highest BCUT2D eigenvalue weighted by molar-refractivity contribution is 6.03. The Labute approximate surface area is 199 Å². The number of carbonyl (C=O) groups excluding carboxylic acids is 2. The summed E-state index contributed by atoms with van der Waals surface area (Å²) < 4.78 is 0. The van der Waals surface area contributed by atoms with E-state index < -0.39 is 5.92 Å². The first-order valence-corrected chi connectivity index (χ1v) is 11.6. The van der Waals surface area contributed by atoms with Gasteiger partial charge in [0.25, 0.3) is 0 Å². The highest BCUT2D eigenvalue weighted by Crippen LogP contribution is 2.26. The van der Waals surface area contributed by atoms with Gasteiger partial charge in [0.2, 0.25) is 17.8 Å². The average Bonchev–Trinajstić information content (AvgIpc) is 3.27. The van der Waals surface area contributed by atoms with E-state index in [1.54, 1.807) is 17.3 Å². The minimum atomic E-state index is -0.403. The van der Waals surface area contributed by atoms with Crippen molar-refractivity contribution in [3.63, 3.8) is 0 Å². The molecule has 1 atom stereocenters. The number of nitrogens with one attached hydrogen (secondary N) is 1. The van der Waals surface area contributed by atoms with Crippen LogP contribution in [-0.2, 0) is 9.59 Å². The molecule has 2 saturated heterocycles. The van der Waals surface area contributed by atoms with Crippen LogP contribution in [0.4, 0.5) is 23.0 Å². The number of nitrogens with zero attached hydrogens (tertiary/aromatic N) is 5. The number of benzene rings is 2. The molecule has 5 rings (SSSR count). The second-order valence-electron chi connectivity index (χ2n) is 8.81. The van der Waals surface area contributed by atoms with Gasteiger partial charge in [-0.3, -0.25) is 9.59 Å². The fourth-order valence-corrected chi connectivity index (χ4v) is 4.45. The summed E-state index contributed by atoms with van der Waals surface area (Å²) in [5.74, 6) is 0.0351. The molecule has 2 amide bonds. The van der Waals surface area contributed by atoms with Crippen LogP contribution in [-0.4, -0.2) is 54.5 Å². The van der Waals surface area contributed by atoms with Crippen molar-refractivity contribution in [1.82, 2.24) is 9.97 Å². The molecule has 0 saturated carbocycles. The maximum atomic E-state index is 12.8. The van der Waals surface area contributed by atoms with Crippen molar-refractivity contribution in [2.24, 2.45) is 5.92 Å². The maximum absolute atomic E-state index is 12.8. The van der Waals surface area contributed by atoms with Gasteiger partial charge in [-0.2, -0.15) is 0 Å². The summed E-state index contributed by atoms with van der Waals surface area (Å²) in [6.45, 7) is 5.85. The van der Waals surface area contributed by atoms with Gasteiger partial charge in [-0.15, -0.1) is 0 Å². The van der Waals surface area contributed by atoms with Gasteiger partial charge in [-0.05, 0) is 31.2 Å². The minimum absolute atomic E-state index is 0.0368. The molecule has 1 N–H and O–H groups in total. The molecule has 174 valence electrons. The number of aryl methyl sites for hydroxylation is 1. The Morgan fingerprint density at radius 3 is 2.21 bits per heavy atom. The predicted molar refractivity (Wildman–Crippen MR) is 133 cm³/mol. The topological polar surface area (TPSA) is 81.7 Å². The van der Waals surface area contributed by atoms with Crippen molar-refractivity contribution in [1.29, 1.82) is 0 Å². The van der Waals surface area contributed by atoms with Gasteiger partial charge in [0, 0.05) is 50.5 Å². The van der Waals surface area contributed by atoms with E-state index in [4.69, 9.17) is 0 Å². The molecule has 1 aromatic heterocycles. The summed E-state index contributed by atoms with van der Waals surface area (Å²) >= 11 is 0. The monoisotopic (exact) mass is 456 g/mol. The van der Waals surface area contributed by atoms with E-state index in [1.807, 2.05) is 37.3 Å². The SMILES string of the molecule is Cc1ccc(N2CC(C(=O)Nc3cnc(N4CCN(c5ccccc5)CC4)nc3)CC2=O)cc1. The Balaban J connectivity index is 1.15. The Bertz CT molecular complexity index is 1140. The van der Waals surface area contributed by atoms with Crippen LogP contribution >= 0.6 is 0 Å². The lowest BCUT2D eigenvalue weighted by Gasteiger charge is -2.36. The van der Waals surface area contributed by atoms with Crippen molar-refractivity contribution in [2.45, 2.75) is 13.3 Å². The fourth-order valence-electron chi connectivity index (χ4n) is 4.45. The summed E-state index contributed by atoms with van der Waals surface area (Å²) in [7, 11) is 0. The first-order valence-electron chi connectivity index (χ1n) is 11.6. The number of anilines is 4. The van der Waals surface area contributed by atoms with Gasteiger partial charge in [0.05, 0.1) is 24.0 Å². The number of rotatable bonds is 5. The van der Waals surface area contributed by atoms with Crippen LogP contribution in [0.5, 0.6) is 0 Å². The molecule has 3 aromatic rings. The molecule has 8 nitrogen and oxygen atoms in total. The average molecular weight is 457 g/mol. The van der Waals surface area contributed by atoms with Crippen LogP contribution < -0.4 is 20.0 Å². The van der Waals surface area contributed by atoms with Crippen molar-refractivity contribution in [3.8, 4) is 0 Å². The molecule has 2 fully saturated rings. The van der Waals surface area contributed by atoms with Crippen LogP contribution in [0.3, 0.4) is 0 Å². The van der Waals surface area contributed by atoms with E-state index in [-0.39, 0.29) is 18.2 Å². The van der Waals surface area contributed by atoms with Crippen LogP contribution in [0.15, 0.2) is 67.0 Å². The fraction of sp³-hybridized carbons (Fsp3) is 0.308. The molecular weight excluding hydrogens is 428 g/mol. The smallest absolute Gasteiger partial charge is 0.229 e. The number of piperazine rings is 1. The van der Waals surface area contributed by atoms with E-state index >= 15 is 0 Å². The van der Waals surface area contributed by atoms with E-state index in [0.717, 1.165) is 37.4 Å². The molecule has 8 heteroatoms. The highest BCUT2D eigenvalue weighted by atomic mass is 16.2. The largest absolute Gasteiger partial charge is 0.368 e. The van der Waals surface area contributed by atoms with Crippen LogP contribution in [0.2, 0.25) is 0 Å². The molecule has 1 unspecified atom stereocenters. The summed E-state index contributed by atoms with van der Waals surface area (Å²) in [4.78, 5) is 40.4. The lowest BCUT2D eigenvalue weighted by molar-refractivity contribution is -0.122. The molecule has 34 heavy (non-hydrogen) atoms. The van der Waals surface area contributed by atoms with Gasteiger partial charge >= 0.3 is 0 Å². The lowest BCUT2D eigenvalue weighted by Crippen LogP contribution is -2.47. The molecule has 0 aliphatic carbocycles. The van der Waals surface area contributed by atoms with Crippen LogP contribution in [0, 0.1) is 12.8 Å². The minimum Gasteiger partial charge on any atom is -0.368 e. The van der Waals surface area contributed by atoms with E-state index in [2.05, 4.69) is 49.4 Å². The summed E-state index contributed by atoms with van der Waals surface area (Å²) in [6, 6.07) is 18.2. The van der Waals surface area contributed by atoms with Crippen LogP contribution in [0.1, 0.15) is 12.0 Å². The zero-order chi connectivity index (χ0) is 23.5. The molecule has 2 aliphatic rings. The zero-order valence-electron chi connectivity index (χ0n) is 19.2. The molecular formula is C26H28N6O2. The van der Waals surface area contributed by atoms with Crippen molar-refractivity contribution < 1.29 is 9.59 Å². The molecule has 2 aromatic carbocycles. The Morgan fingerprint density at radius 2 is 1.53 bits per heavy atom. The summed E-state index contributed by atoms with van der Waals surface area (Å²) in [5.41, 5.74) is 3.72. The molecule has 0 bridgehead atoms. The van der Waals surface area contributed by atoms with Gasteiger partial charge in [0.1, 0.15) is 0 Å².